The lowest BCUT2D eigenvalue weighted by Gasteiger charge is -2.20. The maximum atomic E-state index is 13.1. The number of nitrogens with one attached hydrogen (secondary N) is 3. The van der Waals surface area contributed by atoms with Crippen LogP contribution >= 0.6 is 0 Å². The SMILES string of the molecule is CN/C(C(=O)NC1(CO)CC1)=C1/C=C(OCc2cccnc2C(F)(F)F)C=CC1=N. The van der Waals surface area contributed by atoms with Crippen LogP contribution in [0.1, 0.15) is 24.1 Å². The van der Waals surface area contributed by atoms with E-state index in [-0.39, 0.29) is 41.5 Å². The van der Waals surface area contributed by atoms with E-state index in [1.807, 2.05) is 0 Å². The summed E-state index contributed by atoms with van der Waals surface area (Å²) in [6, 6.07) is 2.66. The monoisotopic (exact) mass is 422 g/mol. The molecule has 160 valence electrons. The number of halogens is 3. The van der Waals surface area contributed by atoms with Crippen molar-refractivity contribution in [3.8, 4) is 0 Å². The van der Waals surface area contributed by atoms with Crippen LogP contribution in [-0.2, 0) is 22.3 Å². The molecule has 0 bridgehead atoms. The zero-order valence-corrected chi connectivity index (χ0v) is 16.1. The summed E-state index contributed by atoms with van der Waals surface area (Å²) in [6.07, 6.45) is 2.03. The standard InChI is InChI=1S/C20H21F3N4O3/c1-25-16(18(29)27-19(11-28)6-7-19)14-9-13(4-5-15(14)24)30-10-12-3-2-8-26-17(12)20(21,22)23/h2-5,8-9,24-25,28H,6-7,10-11H2,1H3,(H,27,29)/b16-14-,24-15?. The van der Waals surface area contributed by atoms with Crippen LogP contribution in [0.15, 0.2) is 53.6 Å². The highest BCUT2D eigenvalue weighted by molar-refractivity contribution is 6.14. The molecule has 10 heteroatoms. The summed E-state index contributed by atoms with van der Waals surface area (Å²) in [7, 11) is 1.52. The molecule has 1 heterocycles. The second kappa shape index (κ2) is 8.31. The van der Waals surface area contributed by atoms with Gasteiger partial charge in [0.15, 0.2) is 5.69 Å². The molecule has 2 aliphatic carbocycles. The molecule has 3 rings (SSSR count). The summed E-state index contributed by atoms with van der Waals surface area (Å²) in [5.41, 5.74) is -1.43. The molecule has 1 fully saturated rings. The van der Waals surface area contributed by atoms with Gasteiger partial charge in [0.25, 0.3) is 5.91 Å². The van der Waals surface area contributed by atoms with Crippen LogP contribution in [0.5, 0.6) is 0 Å². The van der Waals surface area contributed by atoms with Crippen LogP contribution in [0.25, 0.3) is 0 Å². The number of alkyl halides is 3. The number of allylic oxidation sites excluding steroid dienone is 4. The van der Waals surface area contributed by atoms with Crippen molar-refractivity contribution in [1.29, 1.82) is 5.41 Å². The topological polar surface area (TPSA) is 107 Å². The van der Waals surface area contributed by atoms with Gasteiger partial charge in [-0.25, -0.2) is 0 Å². The van der Waals surface area contributed by atoms with E-state index < -0.39 is 23.3 Å². The van der Waals surface area contributed by atoms with Gasteiger partial charge in [0.2, 0.25) is 0 Å². The Morgan fingerprint density at radius 2 is 2.10 bits per heavy atom. The first-order valence-electron chi connectivity index (χ1n) is 9.17. The lowest BCUT2D eigenvalue weighted by atomic mass is 10.0. The lowest BCUT2D eigenvalue weighted by molar-refractivity contribution is -0.142. The van der Waals surface area contributed by atoms with Crippen molar-refractivity contribution in [3.63, 3.8) is 0 Å². The van der Waals surface area contributed by atoms with E-state index >= 15 is 0 Å². The average Bonchev–Trinajstić information content (AvgIpc) is 3.48. The van der Waals surface area contributed by atoms with Crippen molar-refractivity contribution in [1.82, 2.24) is 15.6 Å². The number of aromatic nitrogens is 1. The molecule has 0 atom stereocenters. The van der Waals surface area contributed by atoms with E-state index in [1.54, 1.807) is 0 Å². The molecular weight excluding hydrogens is 401 g/mol. The van der Waals surface area contributed by atoms with Gasteiger partial charge in [-0.1, -0.05) is 6.07 Å². The van der Waals surface area contributed by atoms with E-state index in [4.69, 9.17) is 10.1 Å². The van der Waals surface area contributed by atoms with Crippen LogP contribution in [-0.4, -0.2) is 40.9 Å². The Kier molecular flexibility index (Phi) is 5.97. The highest BCUT2D eigenvalue weighted by Gasteiger charge is 2.44. The molecule has 1 aromatic heterocycles. The number of amides is 1. The molecule has 0 radical (unpaired) electrons. The molecule has 0 saturated heterocycles. The number of aliphatic hydroxyl groups is 1. The second-order valence-corrected chi connectivity index (χ2v) is 7.02. The fourth-order valence-electron chi connectivity index (χ4n) is 2.94. The van der Waals surface area contributed by atoms with E-state index in [0.29, 0.717) is 12.8 Å². The fourth-order valence-corrected chi connectivity index (χ4v) is 2.94. The minimum absolute atomic E-state index is 0.0352. The lowest BCUT2D eigenvalue weighted by Crippen LogP contribution is -2.43. The van der Waals surface area contributed by atoms with Gasteiger partial charge >= 0.3 is 6.18 Å². The first-order chi connectivity index (χ1) is 14.2. The molecule has 1 amide bonds. The van der Waals surface area contributed by atoms with Crippen LogP contribution in [0.3, 0.4) is 0 Å². The summed E-state index contributed by atoms with van der Waals surface area (Å²) < 4.78 is 44.8. The van der Waals surface area contributed by atoms with Crippen molar-refractivity contribution < 1.29 is 27.8 Å². The Labute approximate surface area is 170 Å². The first-order valence-corrected chi connectivity index (χ1v) is 9.17. The number of pyridine rings is 1. The quantitative estimate of drug-likeness (QED) is 0.504. The van der Waals surface area contributed by atoms with E-state index in [0.717, 1.165) is 6.20 Å². The van der Waals surface area contributed by atoms with Gasteiger partial charge in [0.1, 0.15) is 18.1 Å². The smallest absolute Gasteiger partial charge is 0.433 e. The normalized spacial score (nSPS) is 19.1. The number of aliphatic hydroxyl groups excluding tert-OH is 1. The maximum absolute atomic E-state index is 13.1. The Balaban J connectivity index is 1.81. The molecule has 4 N–H and O–H groups in total. The number of rotatable bonds is 7. The third-order valence-electron chi connectivity index (χ3n) is 4.83. The number of hydrogen-bond acceptors (Lipinski definition) is 6. The second-order valence-electron chi connectivity index (χ2n) is 7.02. The number of ether oxygens (including phenoxy) is 1. The Morgan fingerprint density at radius 1 is 1.37 bits per heavy atom. The highest BCUT2D eigenvalue weighted by atomic mass is 19.4. The summed E-state index contributed by atoms with van der Waals surface area (Å²) >= 11 is 0. The largest absolute Gasteiger partial charge is 0.489 e. The Hall–Kier alpha value is -3.14. The number of nitrogens with zero attached hydrogens (tertiary/aromatic N) is 1. The number of carbonyl (C=O) groups is 1. The number of hydrogen-bond donors (Lipinski definition) is 4. The van der Waals surface area contributed by atoms with Crippen molar-refractivity contribution in [3.05, 3.63) is 64.8 Å². The van der Waals surface area contributed by atoms with Crippen molar-refractivity contribution in [2.45, 2.75) is 31.2 Å². The molecule has 1 saturated carbocycles. The fraction of sp³-hybridized carbons (Fsp3) is 0.350. The molecule has 0 unspecified atom stereocenters. The minimum atomic E-state index is -4.60. The average molecular weight is 422 g/mol. The molecule has 7 nitrogen and oxygen atoms in total. The van der Waals surface area contributed by atoms with Gasteiger partial charge < -0.3 is 25.9 Å². The van der Waals surface area contributed by atoms with Gasteiger partial charge in [-0.3, -0.25) is 9.78 Å². The summed E-state index contributed by atoms with van der Waals surface area (Å²) in [5, 5.41) is 23.0. The predicted octanol–water partition coefficient (Wildman–Crippen LogP) is 2.21. The first kappa shape index (κ1) is 21.6. The van der Waals surface area contributed by atoms with Crippen molar-refractivity contribution in [2.75, 3.05) is 13.7 Å². The van der Waals surface area contributed by atoms with E-state index in [1.165, 1.54) is 37.4 Å². The Morgan fingerprint density at radius 3 is 2.70 bits per heavy atom. The zero-order valence-electron chi connectivity index (χ0n) is 16.1. The van der Waals surface area contributed by atoms with Crippen molar-refractivity contribution in [2.24, 2.45) is 0 Å². The van der Waals surface area contributed by atoms with Crippen LogP contribution in [0.4, 0.5) is 13.2 Å². The van der Waals surface area contributed by atoms with Gasteiger partial charge in [-0.15, -0.1) is 0 Å². The van der Waals surface area contributed by atoms with Gasteiger partial charge in [0, 0.05) is 24.4 Å². The third kappa shape index (κ3) is 4.70. The molecule has 0 spiro atoms. The summed E-state index contributed by atoms with van der Waals surface area (Å²) in [6.45, 7) is -0.562. The molecule has 0 aromatic carbocycles. The van der Waals surface area contributed by atoms with Crippen LogP contribution < -0.4 is 10.6 Å². The highest BCUT2D eigenvalue weighted by Crippen LogP contribution is 2.35. The molecule has 1 aromatic rings. The van der Waals surface area contributed by atoms with E-state index in [9.17, 15) is 23.1 Å². The van der Waals surface area contributed by atoms with Crippen LogP contribution in [0, 0.1) is 5.41 Å². The van der Waals surface area contributed by atoms with Gasteiger partial charge in [-0.05, 0) is 37.1 Å². The zero-order chi connectivity index (χ0) is 21.9. The predicted molar refractivity (Wildman–Crippen MR) is 102 cm³/mol. The molecule has 30 heavy (non-hydrogen) atoms. The number of likely N-dealkylation sites (N-methyl/N-ethyl adjacent to an activating group) is 1. The number of carbonyl (C=O) groups excluding carboxylic acids is 1. The summed E-state index contributed by atoms with van der Waals surface area (Å²) in [5.74, 6) is -0.289. The molecule has 2 aliphatic rings. The third-order valence-corrected chi connectivity index (χ3v) is 4.83. The van der Waals surface area contributed by atoms with Gasteiger partial charge in [-0.2, -0.15) is 13.2 Å². The van der Waals surface area contributed by atoms with Gasteiger partial charge in [0.05, 0.1) is 17.9 Å². The van der Waals surface area contributed by atoms with E-state index in [2.05, 4.69) is 15.6 Å². The Bertz CT molecular complexity index is 947. The summed E-state index contributed by atoms with van der Waals surface area (Å²) in [4.78, 5) is 16.0. The van der Waals surface area contributed by atoms with Crippen molar-refractivity contribution >= 4 is 11.6 Å². The maximum Gasteiger partial charge on any atom is 0.433 e. The minimum Gasteiger partial charge on any atom is -0.489 e. The molecular formula is C20H21F3N4O3. The van der Waals surface area contributed by atoms with Crippen LogP contribution in [0.2, 0.25) is 0 Å². The molecule has 0 aliphatic heterocycles.